The van der Waals surface area contributed by atoms with Gasteiger partial charge in [0.1, 0.15) is 0 Å². The van der Waals surface area contributed by atoms with E-state index in [0.29, 0.717) is 6.42 Å². The molecule has 1 unspecified atom stereocenters. The Morgan fingerprint density at radius 1 is 1.47 bits per heavy atom. The fraction of sp³-hybridized carbons (Fsp3) is 0.900. The van der Waals surface area contributed by atoms with Crippen molar-refractivity contribution in [2.24, 2.45) is 5.41 Å². The Morgan fingerprint density at radius 3 is 2.59 bits per heavy atom. The van der Waals surface area contributed by atoms with Crippen molar-refractivity contribution in [2.45, 2.75) is 25.1 Å². The molecule has 2 rings (SSSR count). The van der Waals surface area contributed by atoms with Crippen LogP contribution in [0.15, 0.2) is 0 Å². The van der Waals surface area contributed by atoms with Crippen molar-refractivity contribution in [2.75, 3.05) is 26.2 Å². The lowest BCUT2D eigenvalue weighted by atomic mass is 9.84. The van der Waals surface area contributed by atoms with Crippen molar-refractivity contribution in [1.82, 2.24) is 10.2 Å². The molecule has 4 nitrogen and oxygen atoms in total. The first-order chi connectivity index (χ1) is 7.87. The van der Waals surface area contributed by atoms with Crippen LogP contribution in [-0.2, 0) is 4.79 Å². The summed E-state index contributed by atoms with van der Waals surface area (Å²) in [6.45, 7) is 0.0536. The second kappa shape index (κ2) is 4.13. The fourth-order valence-corrected chi connectivity index (χ4v) is 2.47. The van der Waals surface area contributed by atoms with Crippen molar-refractivity contribution >= 4 is 5.91 Å². The smallest absolute Gasteiger partial charge is 0.391 e. The number of aliphatic hydroxyl groups is 1. The van der Waals surface area contributed by atoms with E-state index in [4.69, 9.17) is 0 Å². The lowest BCUT2D eigenvalue weighted by Crippen LogP contribution is -2.53. The molecule has 98 valence electrons. The Kier molecular flexibility index (Phi) is 3.07. The molecule has 2 saturated heterocycles. The van der Waals surface area contributed by atoms with Crippen molar-refractivity contribution in [3.8, 4) is 0 Å². The maximum absolute atomic E-state index is 13.1. The zero-order chi connectivity index (χ0) is 12.7. The average Bonchev–Trinajstić information content (AvgIpc) is 2.83. The minimum Gasteiger partial charge on any atom is -0.391 e. The van der Waals surface area contributed by atoms with Gasteiger partial charge in [-0.25, -0.2) is 0 Å². The van der Waals surface area contributed by atoms with Crippen LogP contribution >= 0.6 is 0 Å². The Labute approximate surface area is 96.8 Å². The van der Waals surface area contributed by atoms with Crippen molar-refractivity contribution in [3.63, 3.8) is 0 Å². The number of carbonyl (C=O) groups is 1. The minimum atomic E-state index is -4.54. The van der Waals surface area contributed by atoms with Gasteiger partial charge in [0.2, 0.25) is 5.91 Å². The first-order valence-electron chi connectivity index (χ1n) is 5.62. The molecule has 0 aromatic rings. The SMILES string of the molecule is O=C(N1CC[C@H](O)C1)C1(C(F)(F)F)CCNC1. The molecule has 1 amide bonds. The molecular formula is C10H15F3N2O2. The van der Waals surface area contributed by atoms with Crippen LogP contribution in [0.25, 0.3) is 0 Å². The standard InChI is InChI=1S/C10H15F3N2O2/c11-10(12,13)9(2-3-14-6-9)8(17)15-4-1-7(16)5-15/h7,14,16H,1-6H2/t7-,9?/m0/s1. The molecule has 0 aliphatic carbocycles. The average molecular weight is 252 g/mol. The van der Waals surface area contributed by atoms with Crippen LogP contribution in [0.2, 0.25) is 0 Å². The predicted molar refractivity (Wildman–Crippen MR) is 53.2 cm³/mol. The topological polar surface area (TPSA) is 52.6 Å². The summed E-state index contributed by atoms with van der Waals surface area (Å²) in [6.07, 6.45) is -5.10. The first-order valence-corrected chi connectivity index (χ1v) is 5.62. The summed E-state index contributed by atoms with van der Waals surface area (Å²) in [5.41, 5.74) is -2.29. The summed E-state index contributed by atoms with van der Waals surface area (Å²) in [4.78, 5) is 13.1. The number of aliphatic hydroxyl groups excluding tert-OH is 1. The molecule has 0 radical (unpaired) electrons. The maximum Gasteiger partial charge on any atom is 0.404 e. The van der Waals surface area contributed by atoms with Crippen LogP contribution in [-0.4, -0.2) is 54.4 Å². The van der Waals surface area contributed by atoms with Crippen LogP contribution in [0.5, 0.6) is 0 Å². The third-order valence-corrected chi connectivity index (χ3v) is 3.56. The van der Waals surface area contributed by atoms with Crippen molar-refractivity contribution in [3.05, 3.63) is 0 Å². The van der Waals surface area contributed by atoms with Crippen LogP contribution in [0, 0.1) is 5.41 Å². The zero-order valence-electron chi connectivity index (χ0n) is 9.26. The van der Waals surface area contributed by atoms with Gasteiger partial charge in [0, 0.05) is 19.6 Å². The van der Waals surface area contributed by atoms with E-state index in [2.05, 4.69) is 5.32 Å². The molecule has 2 aliphatic rings. The Morgan fingerprint density at radius 2 is 2.18 bits per heavy atom. The largest absolute Gasteiger partial charge is 0.404 e. The molecule has 2 atom stereocenters. The van der Waals surface area contributed by atoms with E-state index >= 15 is 0 Å². The second-order valence-corrected chi connectivity index (χ2v) is 4.70. The number of likely N-dealkylation sites (tertiary alicyclic amines) is 1. The van der Waals surface area contributed by atoms with Gasteiger partial charge >= 0.3 is 6.18 Å². The molecular weight excluding hydrogens is 237 g/mol. The van der Waals surface area contributed by atoms with Crippen LogP contribution in [0.3, 0.4) is 0 Å². The highest BCUT2D eigenvalue weighted by molar-refractivity contribution is 5.84. The third-order valence-electron chi connectivity index (χ3n) is 3.56. The number of rotatable bonds is 1. The predicted octanol–water partition coefficient (Wildman–Crippen LogP) is 0.122. The van der Waals surface area contributed by atoms with Crippen molar-refractivity contribution < 1.29 is 23.1 Å². The first kappa shape index (κ1) is 12.6. The van der Waals surface area contributed by atoms with Gasteiger partial charge < -0.3 is 15.3 Å². The number of hydrogen-bond donors (Lipinski definition) is 2. The highest BCUT2D eigenvalue weighted by Gasteiger charge is 2.62. The highest BCUT2D eigenvalue weighted by atomic mass is 19.4. The van der Waals surface area contributed by atoms with Gasteiger partial charge in [0.15, 0.2) is 5.41 Å². The molecule has 0 aromatic carbocycles. The monoisotopic (exact) mass is 252 g/mol. The normalized spacial score (nSPS) is 34.4. The molecule has 7 heteroatoms. The number of β-amino-alcohol motifs (C(OH)–C–C–N with tert-alkyl or cyclic N) is 1. The molecule has 0 saturated carbocycles. The van der Waals surface area contributed by atoms with Crippen LogP contribution < -0.4 is 5.32 Å². The molecule has 2 aliphatic heterocycles. The van der Waals surface area contributed by atoms with E-state index in [9.17, 15) is 23.1 Å². The van der Waals surface area contributed by atoms with Gasteiger partial charge in [-0.1, -0.05) is 0 Å². The summed E-state index contributed by atoms with van der Waals surface area (Å²) < 4.78 is 39.2. The van der Waals surface area contributed by atoms with Gasteiger partial charge in [0.25, 0.3) is 0 Å². The van der Waals surface area contributed by atoms with Crippen LogP contribution in [0.4, 0.5) is 13.2 Å². The van der Waals surface area contributed by atoms with E-state index < -0.39 is 23.6 Å². The van der Waals surface area contributed by atoms with E-state index in [1.807, 2.05) is 0 Å². The minimum absolute atomic E-state index is 0.0106. The molecule has 2 N–H and O–H groups in total. The zero-order valence-corrected chi connectivity index (χ0v) is 9.26. The number of nitrogens with zero attached hydrogens (tertiary/aromatic N) is 1. The molecule has 0 bridgehead atoms. The molecule has 0 spiro atoms. The third kappa shape index (κ3) is 2.01. The molecule has 0 aromatic heterocycles. The van der Waals surface area contributed by atoms with Gasteiger partial charge in [-0.2, -0.15) is 13.2 Å². The Balaban J connectivity index is 2.20. The molecule has 2 fully saturated rings. The second-order valence-electron chi connectivity index (χ2n) is 4.70. The highest BCUT2D eigenvalue weighted by Crippen LogP contribution is 2.44. The maximum atomic E-state index is 13.1. The van der Waals surface area contributed by atoms with Gasteiger partial charge in [-0.05, 0) is 19.4 Å². The number of hydrogen-bond acceptors (Lipinski definition) is 3. The summed E-state index contributed by atoms with van der Waals surface area (Å²) in [5, 5.41) is 11.9. The van der Waals surface area contributed by atoms with Gasteiger partial charge in [-0.15, -0.1) is 0 Å². The number of alkyl halides is 3. The molecule has 2 heterocycles. The van der Waals surface area contributed by atoms with Crippen LogP contribution in [0.1, 0.15) is 12.8 Å². The van der Waals surface area contributed by atoms with E-state index in [1.54, 1.807) is 0 Å². The van der Waals surface area contributed by atoms with E-state index in [-0.39, 0.29) is 32.6 Å². The Bertz CT molecular complexity index is 313. The Hall–Kier alpha value is -0.820. The summed E-state index contributed by atoms with van der Waals surface area (Å²) in [7, 11) is 0. The van der Waals surface area contributed by atoms with Gasteiger partial charge in [0.05, 0.1) is 6.10 Å². The molecule has 17 heavy (non-hydrogen) atoms. The van der Waals surface area contributed by atoms with Crippen molar-refractivity contribution in [1.29, 1.82) is 0 Å². The van der Waals surface area contributed by atoms with E-state index in [1.165, 1.54) is 0 Å². The lowest BCUT2D eigenvalue weighted by Gasteiger charge is -2.33. The summed E-state index contributed by atoms with van der Waals surface area (Å²) in [6, 6.07) is 0. The van der Waals surface area contributed by atoms with E-state index in [0.717, 1.165) is 4.90 Å². The summed E-state index contributed by atoms with van der Waals surface area (Å²) >= 11 is 0. The lowest BCUT2D eigenvalue weighted by molar-refractivity contribution is -0.221. The fourth-order valence-electron chi connectivity index (χ4n) is 2.47. The van der Waals surface area contributed by atoms with Gasteiger partial charge in [-0.3, -0.25) is 4.79 Å². The number of amides is 1. The number of carbonyl (C=O) groups excluding carboxylic acids is 1. The number of halogens is 3. The number of nitrogens with one attached hydrogen (secondary N) is 1. The summed E-state index contributed by atoms with van der Waals surface area (Å²) in [5.74, 6) is -0.897. The quantitative estimate of drug-likeness (QED) is 0.697.